The number of carbonyl (C=O) groups is 1. The van der Waals surface area contributed by atoms with Crippen LogP contribution >= 0.6 is 11.3 Å². The first-order chi connectivity index (χ1) is 11.7. The van der Waals surface area contributed by atoms with E-state index in [0.29, 0.717) is 12.5 Å². The maximum atomic E-state index is 11.9. The van der Waals surface area contributed by atoms with Crippen molar-refractivity contribution in [1.82, 2.24) is 10.2 Å². The Morgan fingerprint density at radius 3 is 2.67 bits per heavy atom. The van der Waals surface area contributed by atoms with Crippen molar-refractivity contribution < 1.29 is 4.79 Å². The van der Waals surface area contributed by atoms with E-state index in [9.17, 15) is 4.79 Å². The van der Waals surface area contributed by atoms with Gasteiger partial charge in [-0.25, -0.2) is 0 Å². The normalized spacial score (nSPS) is 15.9. The first-order valence-electron chi connectivity index (χ1n) is 8.84. The SMILES string of the molecule is CCc1ccc([C@@H](C)NCc2ccccc2CN2CCCC2=O)s1. The average molecular weight is 343 g/mol. The summed E-state index contributed by atoms with van der Waals surface area (Å²) in [6, 6.07) is 13.3. The highest BCUT2D eigenvalue weighted by Gasteiger charge is 2.21. The fourth-order valence-electron chi connectivity index (χ4n) is 3.14. The Morgan fingerprint density at radius 2 is 2.00 bits per heavy atom. The van der Waals surface area contributed by atoms with E-state index in [1.54, 1.807) is 0 Å². The minimum Gasteiger partial charge on any atom is -0.338 e. The molecule has 1 saturated heterocycles. The van der Waals surface area contributed by atoms with Crippen LogP contribution in [0.5, 0.6) is 0 Å². The lowest BCUT2D eigenvalue weighted by Gasteiger charge is -2.19. The Balaban J connectivity index is 1.63. The summed E-state index contributed by atoms with van der Waals surface area (Å²) in [5.74, 6) is 0.289. The maximum absolute atomic E-state index is 11.9. The number of hydrogen-bond acceptors (Lipinski definition) is 3. The number of amides is 1. The van der Waals surface area contributed by atoms with Crippen molar-refractivity contribution in [3.63, 3.8) is 0 Å². The molecule has 0 bridgehead atoms. The lowest BCUT2D eigenvalue weighted by atomic mass is 10.1. The first-order valence-corrected chi connectivity index (χ1v) is 9.65. The molecule has 1 atom stereocenters. The number of nitrogens with one attached hydrogen (secondary N) is 1. The minimum atomic E-state index is 0.289. The molecule has 3 nitrogen and oxygen atoms in total. The van der Waals surface area contributed by atoms with E-state index in [-0.39, 0.29) is 5.91 Å². The van der Waals surface area contributed by atoms with Crippen LogP contribution in [-0.2, 0) is 24.3 Å². The Kier molecular flexibility index (Phi) is 5.69. The molecule has 1 amide bonds. The molecule has 1 fully saturated rings. The number of likely N-dealkylation sites (tertiary alicyclic amines) is 1. The largest absolute Gasteiger partial charge is 0.338 e. The third-order valence-electron chi connectivity index (χ3n) is 4.71. The fraction of sp³-hybridized carbons (Fsp3) is 0.450. The molecule has 2 heterocycles. The minimum absolute atomic E-state index is 0.289. The Bertz CT molecular complexity index is 694. The average Bonchev–Trinajstić information content (AvgIpc) is 3.23. The van der Waals surface area contributed by atoms with Crippen LogP contribution in [-0.4, -0.2) is 17.4 Å². The number of thiophene rings is 1. The summed E-state index contributed by atoms with van der Waals surface area (Å²) in [4.78, 5) is 16.7. The zero-order chi connectivity index (χ0) is 16.9. The summed E-state index contributed by atoms with van der Waals surface area (Å²) in [6.07, 6.45) is 2.80. The van der Waals surface area contributed by atoms with Crippen molar-refractivity contribution in [3.8, 4) is 0 Å². The number of hydrogen-bond donors (Lipinski definition) is 1. The first kappa shape index (κ1) is 17.2. The molecule has 1 aromatic carbocycles. The predicted molar refractivity (Wildman–Crippen MR) is 100 cm³/mol. The second-order valence-electron chi connectivity index (χ2n) is 6.45. The molecule has 2 aromatic rings. The molecule has 0 aliphatic carbocycles. The van der Waals surface area contributed by atoms with Crippen molar-refractivity contribution in [3.05, 3.63) is 57.3 Å². The lowest BCUT2D eigenvalue weighted by molar-refractivity contribution is -0.128. The summed E-state index contributed by atoms with van der Waals surface area (Å²) in [6.45, 7) is 6.89. The molecule has 0 spiro atoms. The molecule has 1 N–H and O–H groups in total. The molecular formula is C20H26N2OS. The molecule has 4 heteroatoms. The van der Waals surface area contributed by atoms with Crippen LogP contribution < -0.4 is 5.32 Å². The quantitative estimate of drug-likeness (QED) is 0.814. The summed E-state index contributed by atoms with van der Waals surface area (Å²) < 4.78 is 0. The van der Waals surface area contributed by atoms with E-state index in [4.69, 9.17) is 0 Å². The van der Waals surface area contributed by atoms with E-state index in [2.05, 4.69) is 55.6 Å². The summed E-state index contributed by atoms with van der Waals surface area (Å²) in [5.41, 5.74) is 2.55. The van der Waals surface area contributed by atoms with Crippen molar-refractivity contribution in [2.45, 2.75) is 52.2 Å². The van der Waals surface area contributed by atoms with Crippen molar-refractivity contribution >= 4 is 17.2 Å². The molecule has 24 heavy (non-hydrogen) atoms. The molecule has 1 aliphatic rings. The molecule has 0 saturated carbocycles. The van der Waals surface area contributed by atoms with Crippen LogP contribution in [0.2, 0.25) is 0 Å². The van der Waals surface area contributed by atoms with Gasteiger partial charge in [0.25, 0.3) is 0 Å². The molecular weight excluding hydrogens is 316 g/mol. The highest BCUT2D eigenvalue weighted by molar-refractivity contribution is 7.12. The fourth-order valence-corrected chi connectivity index (χ4v) is 4.12. The van der Waals surface area contributed by atoms with E-state index < -0.39 is 0 Å². The Hall–Kier alpha value is -1.65. The topological polar surface area (TPSA) is 32.3 Å². The van der Waals surface area contributed by atoms with E-state index in [1.165, 1.54) is 20.9 Å². The van der Waals surface area contributed by atoms with Gasteiger partial charge in [-0.15, -0.1) is 11.3 Å². The van der Waals surface area contributed by atoms with Crippen molar-refractivity contribution in [2.24, 2.45) is 0 Å². The molecule has 0 radical (unpaired) electrons. The molecule has 0 unspecified atom stereocenters. The van der Waals surface area contributed by atoms with Gasteiger partial charge in [0.2, 0.25) is 5.91 Å². The van der Waals surface area contributed by atoms with Gasteiger partial charge in [-0.05, 0) is 43.0 Å². The Morgan fingerprint density at radius 1 is 1.21 bits per heavy atom. The molecule has 3 rings (SSSR count). The van der Waals surface area contributed by atoms with Gasteiger partial charge in [0.15, 0.2) is 0 Å². The smallest absolute Gasteiger partial charge is 0.222 e. The molecule has 1 aliphatic heterocycles. The maximum Gasteiger partial charge on any atom is 0.222 e. The van der Waals surface area contributed by atoms with E-state index in [0.717, 1.165) is 32.5 Å². The third-order valence-corrected chi connectivity index (χ3v) is 6.12. The second-order valence-corrected chi connectivity index (χ2v) is 7.65. The highest BCUT2D eigenvalue weighted by atomic mass is 32.1. The van der Waals surface area contributed by atoms with Crippen LogP contribution in [0, 0.1) is 0 Å². The van der Waals surface area contributed by atoms with Gasteiger partial charge in [-0.3, -0.25) is 4.79 Å². The zero-order valence-corrected chi connectivity index (χ0v) is 15.4. The number of aryl methyl sites for hydroxylation is 1. The number of nitrogens with zero attached hydrogens (tertiary/aromatic N) is 1. The van der Waals surface area contributed by atoms with Crippen LogP contribution in [0.15, 0.2) is 36.4 Å². The highest BCUT2D eigenvalue weighted by Crippen LogP contribution is 2.24. The van der Waals surface area contributed by atoms with Gasteiger partial charge in [0.05, 0.1) is 0 Å². The van der Waals surface area contributed by atoms with Crippen LogP contribution in [0.25, 0.3) is 0 Å². The van der Waals surface area contributed by atoms with Gasteiger partial charge in [0.1, 0.15) is 0 Å². The van der Waals surface area contributed by atoms with Crippen molar-refractivity contribution in [1.29, 1.82) is 0 Å². The number of rotatable bonds is 7. The van der Waals surface area contributed by atoms with Crippen LogP contribution in [0.3, 0.4) is 0 Å². The predicted octanol–water partition coefficient (Wildman–Crippen LogP) is 4.28. The molecule has 1 aromatic heterocycles. The lowest BCUT2D eigenvalue weighted by Crippen LogP contribution is -2.25. The van der Waals surface area contributed by atoms with E-state index in [1.807, 2.05) is 16.2 Å². The van der Waals surface area contributed by atoms with Gasteiger partial charge in [-0.2, -0.15) is 0 Å². The molecule has 128 valence electrons. The monoisotopic (exact) mass is 342 g/mol. The van der Waals surface area contributed by atoms with Gasteiger partial charge in [-0.1, -0.05) is 31.2 Å². The van der Waals surface area contributed by atoms with Gasteiger partial charge >= 0.3 is 0 Å². The Labute approximate surface area is 148 Å². The second kappa shape index (κ2) is 7.95. The number of benzene rings is 1. The third kappa shape index (κ3) is 4.05. The van der Waals surface area contributed by atoms with Crippen LogP contribution in [0.4, 0.5) is 0 Å². The zero-order valence-electron chi connectivity index (χ0n) is 14.5. The van der Waals surface area contributed by atoms with Crippen LogP contribution in [0.1, 0.15) is 53.6 Å². The van der Waals surface area contributed by atoms with E-state index >= 15 is 0 Å². The summed E-state index contributed by atoms with van der Waals surface area (Å²) in [7, 11) is 0. The van der Waals surface area contributed by atoms with Crippen molar-refractivity contribution in [2.75, 3.05) is 6.54 Å². The van der Waals surface area contributed by atoms with Gasteiger partial charge < -0.3 is 10.2 Å². The summed E-state index contributed by atoms with van der Waals surface area (Å²) >= 11 is 1.89. The summed E-state index contributed by atoms with van der Waals surface area (Å²) in [5, 5.41) is 3.64. The number of carbonyl (C=O) groups excluding carboxylic acids is 1. The standard InChI is InChI=1S/C20H26N2OS/c1-3-18-10-11-19(24-18)15(2)21-13-16-7-4-5-8-17(16)14-22-12-6-9-20(22)23/h4-5,7-8,10-11,15,21H,3,6,9,12-14H2,1-2H3/t15-/m1/s1. The van der Waals surface area contributed by atoms with Gasteiger partial charge in [0, 0.05) is 41.9 Å².